The Hall–Kier alpha value is -2.92. The van der Waals surface area contributed by atoms with Gasteiger partial charge in [-0.15, -0.1) is 0 Å². The van der Waals surface area contributed by atoms with Gasteiger partial charge in [0, 0.05) is 35.8 Å². The molecule has 3 aromatic rings. The lowest BCUT2D eigenvalue weighted by Crippen LogP contribution is -2.42. The molecular formula is C23H23IN4O4. The van der Waals surface area contributed by atoms with Gasteiger partial charge in [-0.3, -0.25) is 9.59 Å². The minimum Gasteiger partial charge on any atom is -0.483 e. The fourth-order valence-corrected chi connectivity index (χ4v) is 4.02. The van der Waals surface area contributed by atoms with Crippen LogP contribution in [0.1, 0.15) is 5.56 Å². The van der Waals surface area contributed by atoms with Gasteiger partial charge in [-0.05, 0) is 40.8 Å². The predicted molar refractivity (Wildman–Crippen MR) is 130 cm³/mol. The number of hydrazone groups is 1. The number of morpholine rings is 1. The van der Waals surface area contributed by atoms with Crippen LogP contribution in [0.2, 0.25) is 0 Å². The second-order valence-electron chi connectivity index (χ2n) is 7.23. The van der Waals surface area contributed by atoms with Gasteiger partial charge >= 0.3 is 0 Å². The number of para-hydroxylation sites is 2. The molecule has 1 aliphatic heterocycles. The maximum absolute atomic E-state index is 12.7. The average molecular weight is 546 g/mol. The standard InChI is InChI=1S/C23H23IN4O4/c24-19-6-2-4-8-21(19)32-16-22(29)26-25-13-17-14-28(20-7-3-1-5-18(17)20)15-23(30)27-9-11-31-12-10-27/h1-8,13-14H,9-12,15-16H2,(H,26,29)/b25-13-. The van der Waals surface area contributed by atoms with Crippen LogP contribution in [0.25, 0.3) is 10.9 Å². The molecule has 2 aromatic carbocycles. The second kappa shape index (κ2) is 10.6. The first-order chi connectivity index (χ1) is 15.6. The smallest absolute Gasteiger partial charge is 0.277 e. The van der Waals surface area contributed by atoms with Gasteiger partial charge in [0.1, 0.15) is 12.3 Å². The minimum atomic E-state index is -0.355. The third-order valence-electron chi connectivity index (χ3n) is 5.08. The fraction of sp³-hybridized carbons (Fsp3) is 0.261. The quantitative estimate of drug-likeness (QED) is 0.281. The summed E-state index contributed by atoms with van der Waals surface area (Å²) >= 11 is 2.15. The summed E-state index contributed by atoms with van der Waals surface area (Å²) in [4.78, 5) is 26.6. The van der Waals surface area contributed by atoms with E-state index < -0.39 is 0 Å². The van der Waals surface area contributed by atoms with E-state index in [1.807, 2.05) is 64.2 Å². The summed E-state index contributed by atoms with van der Waals surface area (Å²) in [5, 5.41) is 5.03. The summed E-state index contributed by atoms with van der Waals surface area (Å²) in [5.41, 5.74) is 4.24. The molecule has 8 nitrogen and oxygen atoms in total. The molecule has 1 saturated heterocycles. The van der Waals surface area contributed by atoms with Crippen molar-refractivity contribution in [3.05, 3.63) is 63.9 Å². The van der Waals surface area contributed by atoms with E-state index in [1.54, 1.807) is 6.21 Å². The van der Waals surface area contributed by atoms with Crippen molar-refractivity contribution in [3.63, 3.8) is 0 Å². The molecule has 1 aliphatic rings. The molecule has 1 fully saturated rings. The molecule has 166 valence electrons. The summed E-state index contributed by atoms with van der Waals surface area (Å²) in [6.45, 7) is 2.48. The number of nitrogens with one attached hydrogen (secondary N) is 1. The van der Waals surface area contributed by atoms with Crippen LogP contribution in [0.4, 0.5) is 0 Å². The van der Waals surface area contributed by atoms with Crippen molar-refractivity contribution in [2.75, 3.05) is 32.9 Å². The third-order valence-corrected chi connectivity index (χ3v) is 5.97. The van der Waals surface area contributed by atoms with E-state index in [4.69, 9.17) is 9.47 Å². The Labute approximate surface area is 199 Å². The summed E-state index contributed by atoms with van der Waals surface area (Å²) in [6.07, 6.45) is 3.46. The number of hydrogen-bond acceptors (Lipinski definition) is 5. The number of carbonyl (C=O) groups is 2. The second-order valence-corrected chi connectivity index (χ2v) is 8.40. The van der Waals surface area contributed by atoms with Crippen LogP contribution in [0.5, 0.6) is 5.75 Å². The van der Waals surface area contributed by atoms with E-state index in [1.165, 1.54) is 0 Å². The Morgan fingerprint density at radius 3 is 2.69 bits per heavy atom. The Balaban J connectivity index is 1.40. The van der Waals surface area contributed by atoms with Crippen molar-refractivity contribution in [2.24, 2.45) is 5.10 Å². The number of halogens is 1. The van der Waals surface area contributed by atoms with Crippen molar-refractivity contribution in [2.45, 2.75) is 6.54 Å². The van der Waals surface area contributed by atoms with Crippen molar-refractivity contribution in [3.8, 4) is 5.75 Å². The molecular weight excluding hydrogens is 523 g/mol. The molecule has 0 bridgehead atoms. The van der Waals surface area contributed by atoms with E-state index in [0.29, 0.717) is 32.1 Å². The van der Waals surface area contributed by atoms with Crippen molar-refractivity contribution in [1.29, 1.82) is 0 Å². The van der Waals surface area contributed by atoms with E-state index in [-0.39, 0.29) is 25.0 Å². The highest BCUT2D eigenvalue weighted by atomic mass is 127. The zero-order valence-electron chi connectivity index (χ0n) is 17.4. The van der Waals surface area contributed by atoms with Crippen LogP contribution < -0.4 is 10.2 Å². The minimum absolute atomic E-state index is 0.0542. The molecule has 0 saturated carbocycles. The van der Waals surface area contributed by atoms with Gasteiger partial charge in [0.05, 0.1) is 23.0 Å². The molecule has 1 N–H and O–H groups in total. The van der Waals surface area contributed by atoms with Gasteiger partial charge < -0.3 is 18.9 Å². The summed E-state index contributed by atoms with van der Waals surface area (Å²) in [5.74, 6) is 0.353. The third kappa shape index (κ3) is 5.46. The van der Waals surface area contributed by atoms with Crippen LogP contribution in [-0.4, -0.2) is 60.4 Å². The summed E-state index contributed by atoms with van der Waals surface area (Å²) < 4.78 is 13.7. The fourth-order valence-electron chi connectivity index (χ4n) is 3.48. The Morgan fingerprint density at radius 1 is 1.12 bits per heavy atom. The predicted octanol–water partition coefficient (Wildman–Crippen LogP) is 2.63. The molecule has 0 radical (unpaired) electrons. The van der Waals surface area contributed by atoms with Crippen LogP contribution in [0.15, 0.2) is 59.8 Å². The number of ether oxygens (including phenoxy) is 2. The lowest BCUT2D eigenvalue weighted by atomic mass is 10.2. The van der Waals surface area contributed by atoms with Gasteiger partial charge in [0.15, 0.2) is 6.61 Å². The number of aromatic nitrogens is 1. The number of amides is 2. The molecule has 0 unspecified atom stereocenters. The number of hydrogen-bond donors (Lipinski definition) is 1. The Kier molecular flexibility index (Phi) is 7.38. The molecule has 2 amide bonds. The molecule has 2 heterocycles. The zero-order chi connectivity index (χ0) is 22.3. The van der Waals surface area contributed by atoms with Gasteiger partial charge in [-0.2, -0.15) is 5.10 Å². The maximum Gasteiger partial charge on any atom is 0.277 e. The van der Waals surface area contributed by atoms with E-state index >= 15 is 0 Å². The lowest BCUT2D eigenvalue weighted by Gasteiger charge is -2.27. The van der Waals surface area contributed by atoms with Crippen molar-refractivity contribution >= 4 is 51.5 Å². The molecule has 4 rings (SSSR count). The molecule has 0 aliphatic carbocycles. The highest BCUT2D eigenvalue weighted by Crippen LogP contribution is 2.21. The SMILES string of the molecule is O=C(COc1ccccc1I)N/N=C\c1cn(CC(=O)N2CCOCC2)c2ccccc12. The van der Waals surface area contributed by atoms with E-state index in [0.717, 1.165) is 20.0 Å². The van der Waals surface area contributed by atoms with Gasteiger partial charge in [0.25, 0.3) is 5.91 Å². The molecule has 9 heteroatoms. The lowest BCUT2D eigenvalue weighted by molar-refractivity contribution is -0.135. The Bertz CT molecular complexity index is 1140. The maximum atomic E-state index is 12.7. The molecule has 32 heavy (non-hydrogen) atoms. The summed E-state index contributed by atoms with van der Waals surface area (Å²) in [7, 11) is 0. The van der Waals surface area contributed by atoms with Crippen LogP contribution in [0.3, 0.4) is 0 Å². The highest BCUT2D eigenvalue weighted by Gasteiger charge is 2.18. The zero-order valence-corrected chi connectivity index (χ0v) is 19.5. The topological polar surface area (TPSA) is 85.2 Å². The number of carbonyl (C=O) groups excluding carboxylic acids is 2. The van der Waals surface area contributed by atoms with E-state index in [9.17, 15) is 9.59 Å². The number of rotatable bonds is 7. The molecule has 1 aromatic heterocycles. The molecule has 0 atom stereocenters. The number of fused-ring (bicyclic) bond motifs is 1. The monoisotopic (exact) mass is 546 g/mol. The first-order valence-corrected chi connectivity index (χ1v) is 11.3. The van der Waals surface area contributed by atoms with Gasteiger partial charge in [-0.1, -0.05) is 30.3 Å². The van der Waals surface area contributed by atoms with Crippen LogP contribution >= 0.6 is 22.6 Å². The number of benzene rings is 2. The highest BCUT2D eigenvalue weighted by molar-refractivity contribution is 14.1. The van der Waals surface area contributed by atoms with E-state index in [2.05, 4.69) is 33.1 Å². The first-order valence-electron chi connectivity index (χ1n) is 10.2. The van der Waals surface area contributed by atoms with Gasteiger partial charge in [-0.25, -0.2) is 5.43 Å². The largest absolute Gasteiger partial charge is 0.483 e. The van der Waals surface area contributed by atoms with Crippen LogP contribution in [-0.2, 0) is 20.9 Å². The Morgan fingerprint density at radius 2 is 1.88 bits per heavy atom. The normalized spacial score (nSPS) is 14.1. The van der Waals surface area contributed by atoms with Crippen molar-refractivity contribution in [1.82, 2.24) is 14.9 Å². The summed E-state index contributed by atoms with van der Waals surface area (Å²) in [6, 6.07) is 15.3. The molecule has 0 spiro atoms. The van der Waals surface area contributed by atoms with Crippen LogP contribution in [0, 0.1) is 3.57 Å². The average Bonchev–Trinajstić information content (AvgIpc) is 3.16. The number of nitrogens with zero attached hydrogens (tertiary/aromatic N) is 3. The first kappa shape index (κ1) is 22.3. The van der Waals surface area contributed by atoms with Gasteiger partial charge in [0.2, 0.25) is 5.91 Å². The van der Waals surface area contributed by atoms with Crippen molar-refractivity contribution < 1.29 is 19.1 Å².